The minimum absolute atomic E-state index is 0.0414. The molecule has 86 valence electrons. The van der Waals surface area contributed by atoms with Gasteiger partial charge in [-0.1, -0.05) is 6.92 Å². The fourth-order valence-electron chi connectivity index (χ4n) is 1.81. The van der Waals surface area contributed by atoms with E-state index in [0.29, 0.717) is 12.0 Å². The molecule has 0 spiro atoms. The van der Waals surface area contributed by atoms with Gasteiger partial charge in [-0.25, -0.2) is 10.8 Å². The van der Waals surface area contributed by atoms with Crippen LogP contribution in [0.25, 0.3) is 0 Å². The summed E-state index contributed by atoms with van der Waals surface area (Å²) in [5.74, 6) is 6.61. The van der Waals surface area contributed by atoms with Crippen molar-refractivity contribution in [3.8, 4) is 0 Å². The highest BCUT2D eigenvalue weighted by molar-refractivity contribution is 5.85. The Morgan fingerprint density at radius 1 is 1.31 bits per heavy atom. The van der Waals surface area contributed by atoms with Gasteiger partial charge >= 0.3 is 0 Å². The Morgan fingerprint density at radius 2 is 2.00 bits per heavy atom. The van der Waals surface area contributed by atoms with Crippen LogP contribution in [-0.4, -0.2) is 16.9 Å². The molecule has 0 fully saturated rings. The van der Waals surface area contributed by atoms with Crippen LogP contribution in [0.1, 0.15) is 25.6 Å². The lowest BCUT2D eigenvalue weighted by Crippen LogP contribution is -2.49. The Morgan fingerprint density at radius 3 is 2.62 bits per heavy atom. The van der Waals surface area contributed by atoms with E-state index in [4.69, 9.17) is 5.84 Å². The summed E-state index contributed by atoms with van der Waals surface area (Å²) in [5, 5.41) is 3.44. The molecule has 0 radical (unpaired) electrons. The molecule has 0 aliphatic carbocycles. The molecule has 0 aromatic carbocycles. The number of pyridine rings is 1. The summed E-state index contributed by atoms with van der Waals surface area (Å²) < 4.78 is 0. The molecule has 3 atom stereocenters. The molecular formula is C11H17N5. The molecule has 2 heterocycles. The summed E-state index contributed by atoms with van der Waals surface area (Å²) in [6, 6.07) is 4.25. The fraction of sp³-hybridized carbons (Fsp3) is 0.455. The van der Waals surface area contributed by atoms with Crippen molar-refractivity contribution in [3.63, 3.8) is 0 Å². The molecule has 0 bridgehead atoms. The Kier molecular flexibility index (Phi) is 3.17. The van der Waals surface area contributed by atoms with Gasteiger partial charge in [0.1, 0.15) is 12.0 Å². The van der Waals surface area contributed by atoms with Crippen LogP contribution in [0, 0.1) is 5.92 Å². The van der Waals surface area contributed by atoms with Gasteiger partial charge in [0.2, 0.25) is 0 Å². The van der Waals surface area contributed by atoms with Gasteiger partial charge in [-0.3, -0.25) is 10.3 Å². The minimum atomic E-state index is -0.0414. The molecule has 5 nitrogen and oxygen atoms in total. The standard InChI is InChI=1S/C11H17N5/c1-7-8(2)14-11(15-10(7)16-12)9-3-5-13-6-4-9/h3-8,11,14H,12H2,1-2H3,(H,15,16). The van der Waals surface area contributed by atoms with E-state index >= 15 is 0 Å². The van der Waals surface area contributed by atoms with Gasteiger partial charge in [0.05, 0.1) is 0 Å². The van der Waals surface area contributed by atoms with Crippen molar-refractivity contribution in [3.05, 3.63) is 30.1 Å². The average Bonchev–Trinajstić information content (AvgIpc) is 2.33. The molecule has 0 saturated carbocycles. The highest BCUT2D eigenvalue weighted by Crippen LogP contribution is 2.21. The number of hydrogen-bond acceptors (Lipinski definition) is 5. The Hall–Kier alpha value is -1.46. The zero-order chi connectivity index (χ0) is 11.5. The first-order valence-corrected chi connectivity index (χ1v) is 5.42. The number of aromatic nitrogens is 1. The Labute approximate surface area is 95.1 Å². The lowest BCUT2D eigenvalue weighted by Gasteiger charge is -2.32. The van der Waals surface area contributed by atoms with Crippen LogP contribution in [0.5, 0.6) is 0 Å². The lowest BCUT2D eigenvalue weighted by molar-refractivity contribution is 0.384. The molecule has 0 amide bonds. The smallest absolute Gasteiger partial charge is 0.127 e. The van der Waals surface area contributed by atoms with Gasteiger partial charge < -0.3 is 5.43 Å². The third-order valence-corrected chi connectivity index (χ3v) is 3.04. The Bertz CT molecular complexity index is 375. The third kappa shape index (κ3) is 2.05. The first-order valence-electron chi connectivity index (χ1n) is 5.42. The van der Waals surface area contributed by atoms with Crippen LogP contribution < -0.4 is 16.6 Å². The monoisotopic (exact) mass is 219 g/mol. The largest absolute Gasteiger partial charge is 0.312 e. The molecular weight excluding hydrogens is 202 g/mol. The lowest BCUT2D eigenvalue weighted by atomic mass is 9.99. The molecule has 1 aromatic rings. The molecule has 5 heteroatoms. The van der Waals surface area contributed by atoms with Gasteiger partial charge in [-0.15, -0.1) is 0 Å². The number of nitrogens with two attached hydrogens (primary N) is 1. The van der Waals surface area contributed by atoms with Crippen molar-refractivity contribution < 1.29 is 0 Å². The SMILES string of the molecule is CC1NC(c2ccncc2)N=C(NN)C1C. The maximum atomic E-state index is 5.48. The van der Waals surface area contributed by atoms with Crippen LogP contribution in [0.15, 0.2) is 29.5 Å². The van der Waals surface area contributed by atoms with E-state index < -0.39 is 0 Å². The summed E-state index contributed by atoms with van der Waals surface area (Å²) in [6.07, 6.45) is 3.50. The molecule has 1 aliphatic rings. The number of nitrogens with zero attached hydrogens (tertiary/aromatic N) is 2. The maximum Gasteiger partial charge on any atom is 0.127 e. The molecule has 16 heavy (non-hydrogen) atoms. The first kappa shape index (κ1) is 11.0. The van der Waals surface area contributed by atoms with Crippen LogP contribution >= 0.6 is 0 Å². The normalized spacial score (nSPS) is 29.7. The van der Waals surface area contributed by atoms with Gasteiger partial charge in [0.15, 0.2) is 0 Å². The second kappa shape index (κ2) is 4.59. The number of hydrazine groups is 1. The third-order valence-electron chi connectivity index (χ3n) is 3.04. The molecule has 4 N–H and O–H groups in total. The summed E-state index contributed by atoms with van der Waals surface area (Å²) in [7, 11) is 0. The van der Waals surface area contributed by atoms with E-state index in [1.54, 1.807) is 12.4 Å². The molecule has 0 saturated heterocycles. The van der Waals surface area contributed by atoms with E-state index in [1.807, 2.05) is 12.1 Å². The number of amidine groups is 1. The van der Waals surface area contributed by atoms with Gasteiger partial charge in [0, 0.05) is 24.4 Å². The Balaban J connectivity index is 2.27. The average molecular weight is 219 g/mol. The van der Waals surface area contributed by atoms with Crippen molar-refractivity contribution >= 4 is 5.84 Å². The summed E-state index contributed by atoms with van der Waals surface area (Å²) in [5.41, 5.74) is 3.78. The van der Waals surface area contributed by atoms with Crippen molar-refractivity contribution in [1.29, 1.82) is 0 Å². The zero-order valence-corrected chi connectivity index (χ0v) is 9.51. The van der Waals surface area contributed by atoms with E-state index in [1.165, 1.54) is 0 Å². The predicted molar refractivity (Wildman–Crippen MR) is 63.5 cm³/mol. The van der Waals surface area contributed by atoms with Crippen LogP contribution in [-0.2, 0) is 0 Å². The van der Waals surface area contributed by atoms with Crippen LogP contribution in [0.3, 0.4) is 0 Å². The topological polar surface area (TPSA) is 75.3 Å². The van der Waals surface area contributed by atoms with E-state index in [0.717, 1.165) is 11.4 Å². The van der Waals surface area contributed by atoms with Crippen molar-refractivity contribution in [2.24, 2.45) is 16.8 Å². The quantitative estimate of drug-likeness (QED) is 0.477. The molecule has 1 aliphatic heterocycles. The number of hydrogen-bond donors (Lipinski definition) is 3. The maximum absolute atomic E-state index is 5.48. The van der Waals surface area contributed by atoms with Crippen LogP contribution in [0.2, 0.25) is 0 Å². The summed E-state index contributed by atoms with van der Waals surface area (Å²) in [4.78, 5) is 8.54. The molecule has 2 rings (SSSR count). The number of rotatable bonds is 1. The highest BCUT2D eigenvalue weighted by atomic mass is 15.3. The predicted octanol–water partition coefficient (Wildman–Crippen LogP) is 0.570. The zero-order valence-electron chi connectivity index (χ0n) is 9.51. The summed E-state index contributed by atoms with van der Waals surface area (Å²) >= 11 is 0. The number of nitrogens with one attached hydrogen (secondary N) is 2. The summed E-state index contributed by atoms with van der Waals surface area (Å²) in [6.45, 7) is 4.23. The van der Waals surface area contributed by atoms with Crippen molar-refractivity contribution in [2.45, 2.75) is 26.1 Å². The molecule has 1 aromatic heterocycles. The van der Waals surface area contributed by atoms with Gasteiger partial charge in [-0.2, -0.15) is 0 Å². The van der Waals surface area contributed by atoms with Gasteiger partial charge in [-0.05, 0) is 24.6 Å². The van der Waals surface area contributed by atoms with Crippen molar-refractivity contribution in [1.82, 2.24) is 15.7 Å². The highest BCUT2D eigenvalue weighted by Gasteiger charge is 2.26. The number of aliphatic imine (C=N–C) groups is 1. The first-order chi connectivity index (χ1) is 7.72. The van der Waals surface area contributed by atoms with E-state index in [9.17, 15) is 0 Å². The van der Waals surface area contributed by atoms with E-state index in [-0.39, 0.29) is 6.17 Å². The van der Waals surface area contributed by atoms with Crippen molar-refractivity contribution in [2.75, 3.05) is 0 Å². The molecule has 3 unspecified atom stereocenters. The van der Waals surface area contributed by atoms with E-state index in [2.05, 4.69) is 34.6 Å². The second-order valence-electron chi connectivity index (χ2n) is 4.09. The van der Waals surface area contributed by atoms with Gasteiger partial charge in [0.25, 0.3) is 0 Å². The second-order valence-corrected chi connectivity index (χ2v) is 4.09. The fourth-order valence-corrected chi connectivity index (χ4v) is 1.81. The van der Waals surface area contributed by atoms with Crippen LogP contribution in [0.4, 0.5) is 0 Å². The minimum Gasteiger partial charge on any atom is -0.312 e.